The van der Waals surface area contributed by atoms with Crippen LogP contribution in [0.25, 0.3) is 11.4 Å². The van der Waals surface area contributed by atoms with E-state index in [0.29, 0.717) is 56.9 Å². The molecule has 2 aromatic rings. The van der Waals surface area contributed by atoms with E-state index in [9.17, 15) is 26.3 Å². The highest BCUT2D eigenvalue weighted by molar-refractivity contribution is 5.71. The van der Waals surface area contributed by atoms with E-state index in [-0.39, 0.29) is 30.5 Å². The Bertz CT molecular complexity index is 1230. The second kappa shape index (κ2) is 12.1. The van der Waals surface area contributed by atoms with E-state index in [2.05, 4.69) is 31.3 Å². The van der Waals surface area contributed by atoms with Gasteiger partial charge in [0.15, 0.2) is 5.82 Å². The largest absolute Gasteiger partial charge is 0.573 e. The van der Waals surface area contributed by atoms with Crippen LogP contribution in [0.1, 0.15) is 6.92 Å². The molecule has 0 spiro atoms. The Morgan fingerprint density at radius 2 is 1.48 bits per heavy atom. The average Bonchev–Trinajstić information content (AvgIpc) is 2.93. The van der Waals surface area contributed by atoms with E-state index in [1.165, 1.54) is 36.6 Å². The molecule has 1 aromatic carbocycles. The number of hydrogen-bond donors (Lipinski definition) is 0. The molecule has 2 saturated heterocycles. The summed E-state index contributed by atoms with van der Waals surface area (Å²) in [4.78, 5) is 23.0. The van der Waals surface area contributed by atoms with Gasteiger partial charge in [0.25, 0.3) is 0 Å². The zero-order valence-corrected chi connectivity index (χ0v) is 21.5. The first-order chi connectivity index (χ1) is 18.9. The first-order valence-corrected chi connectivity index (χ1v) is 12.3. The molecule has 0 N–H and O–H groups in total. The molecule has 15 heteroatoms. The number of morpholine rings is 1. The molecule has 1 aromatic heterocycles. The molecule has 0 bridgehead atoms. The molecule has 0 amide bonds. The molecule has 9 nitrogen and oxygen atoms in total. The van der Waals surface area contributed by atoms with E-state index in [0.717, 1.165) is 6.92 Å². The Morgan fingerprint density at radius 3 is 2.00 bits per heavy atom. The van der Waals surface area contributed by atoms with Gasteiger partial charge in [0.1, 0.15) is 11.6 Å². The minimum Gasteiger partial charge on any atom is -0.406 e. The van der Waals surface area contributed by atoms with Crippen LogP contribution in [-0.2, 0) is 4.74 Å². The second-order valence-electron chi connectivity index (χ2n) is 8.86. The van der Waals surface area contributed by atoms with Gasteiger partial charge in [0.2, 0.25) is 11.9 Å². The third-order valence-electron chi connectivity index (χ3n) is 6.18. The summed E-state index contributed by atoms with van der Waals surface area (Å²) < 4.78 is 87.4. The Kier molecular flexibility index (Phi) is 8.81. The first-order valence-electron chi connectivity index (χ1n) is 12.3. The molecule has 0 saturated carbocycles. The van der Waals surface area contributed by atoms with Crippen molar-refractivity contribution in [2.45, 2.75) is 19.5 Å². The van der Waals surface area contributed by atoms with Crippen molar-refractivity contribution in [2.24, 2.45) is 4.99 Å². The lowest BCUT2D eigenvalue weighted by atomic mass is 10.2. The van der Waals surface area contributed by atoms with Crippen molar-refractivity contribution in [2.75, 3.05) is 62.3 Å². The number of halogens is 6. The minimum absolute atomic E-state index is 0.182. The quantitative estimate of drug-likeness (QED) is 0.357. The Labute approximate surface area is 226 Å². The zero-order chi connectivity index (χ0) is 28.9. The van der Waals surface area contributed by atoms with Gasteiger partial charge in [-0.1, -0.05) is 12.7 Å². The predicted octanol–water partition coefficient (Wildman–Crippen LogP) is 4.45. The fourth-order valence-electron chi connectivity index (χ4n) is 4.12. The lowest BCUT2D eigenvalue weighted by Gasteiger charge is -2.37. The Balaban J connectivity index is 1.61. The van der Waals surface area contributed by atoms with Gasteiger partial charge in [-0.25, -0.2) is 4.99 Å². The van der Waals surface area contributed by atoms with E-state index in [4.69, 9.17) is 4.74 Å². The van der Waals surface area contributed by atoms with Crippen molar-refractivity contribution in [1.82, 2.24) is 19.9 Å². The summed E-state index contributed by atoms with van der Waals surface area (Å²) in [7, 11) is 0. The Hall–Kier alpha value is -3.88. The lowest BCUT2D eigenvalue weighted by molar-refractivity contribution is -0.274. The minimum atomic E-state index is -4.82. The third-order valence-corrected chi connectivity index (χ3v) is 6.18. The monoisotopic (exact) mass is 571 g/mol. The number of ether oxygens (including phenoxy) is 2. The number of allylic oxidation sites excluding steroid dienone is 2. The molecule has 4 rings (SSSR count). The molecule has 0 aliphatic carbocycles. The van der Waals surface area contributed by atoms with Gasteiger partial charge in [0.05, 0.1) is 18.8 Å². The summed E-state index contributed by atoms with van der Waals surface area (Å²) in [6.45, 7) is 7.49. The summed E-state index contributed by atoms with van der Waals surface area (Å²) in [5.41, 5.74) is -0.370. The van der Waals surface area contributed by atoms with Gasteiger partial charge < -0.3 is 24.2 Å². The number of benzene rings is 1. The highest BCUT2D eigenvalue weighted by Gasteiger charge is 2.36. The standard InChI is InChI=1S/C25H27F6N7O2/c1-3-8-32-21(17(2)24(26,27)28)36-9-11-37(12-10-36)22-33-20(34-23(35-22)38-13-15-39-16-14-38)18-4-6-19(7-5-18)40-25(29,30)31/h3-8H,1,9-16H2,2H3/b21-17-,32-8-. The number of aliphatic imine (C=N–C) groups is 1. The van der Waals surface area contributed by atoms with Gasteiger partial charge in [0, 0.05) is 51.0 Å². The summed E-state index contributed by atoms with van der Waals surface area (Å²) in [5, 5.41) is 0. The molecule has 2 aliphatic rings. The van der Waals surface area contributed by atoms with Crippen molar-refractivity contribution >= 4 is 18.1 Å². The number of rotatable bonds is 7. The van der Waals surface area contributed by atoms with Gasteiger partial charge in [-0.05, 0) is 31.2 Å². The lowest BCUT2D eigenvalue weighted by Crippen LogP contribution is -2.47. The van der Waals surface area contributed by atoms with Crippen LogP contribution in [0.2, 0.25) is 0 Å². The average molecular weight is 572 g/mol. The van der Waals surface area contributed by atoms with Crippen molar-refractivity contribution in [1.29, 1.82) is 0 Å². The molecular formula is C25H27F6N7O2. The van der Waals surface area contributed by atoms with E-state index in [1.807, 2.05) is 9.80 Å². The smallest absolute Gasteiger partial charge is 0.406 e. The van der Waals surface area contributed by atoms with Crippen LogP contribution in [-0.4, -0.2) is 91.1 Å². The SMILES string of the molecule is C=C/C=N\C(=C(/C)C(F)(F)F)N1CCN(c2nc(-c3ccc(OC(F)(F)F)cc3)nc(N3CCOCC3)n2)CC1. The van der Waals surface area contributed by atoms with Gasteiger partial charge in [-0.15, -0.1) is 13.2 Å². The fourth-order valence-corrected chi connectivity index (χ4v) is 4.12. The topological polar surface area (TPSA) is 79.2 Å². The summed E-state index contributed by atoms with van der Waals surface area (Å²) >= 11 is 0. The van der Waals surface area contributed by atoms with Crippen LogP contribution in [0, 0.1) is 0 Å². The highest BCUT2D eigenvalue weighted by atomic mass is 19.4. The zero-order valence-electron chi connectivity index (χ0n) is 21.5. The molecule has 2 aliphatic heterocycles. The molecule has 0 radical (unpaired) electrons. The molecule has 3 heterocycles. The maximum Gasteiger partial charge on any atom is 0.573 e. The molecule has 2 fully saturated rings. The fraction of sp³-hybridized carbons (Fsp3) is 0.440. The normalized spacial score (nSPS) is 17.7. The van der Waals surface area contributed by atoms with Crippen LogP contribution in [0.3, 0.4) is 0 Å². The molecule has 0 atom stereocenters. The van der Waals surface area contributed by atoms with Crippen molar-refractivity contribution < 1.29 is 35.8 Å². The number of piperazine rings is 1. The second-order valence-corrected chi connectivity index (χ2v) is 8.86. The van der Waals surface area contributed by atoms with Crippen LogP contribution in [0.5, 0.6) is 5.75 Å². The van der Waals surface area contributed by atoms with Crippen LogP contribution >= 0.6 is 0 Å². The van der Waals surface area contributed by atoms with Crippen molar-refractivity contribution in [3.05, 3.63) is 48.3 Å². The van der Waals surface area contributed by atoms with Crippen LogP contribution in [0.15, 0.2) is 53.3 Å². The van der Waals surface area contributed by atoms with Crippen LogP contribution < -0.4 is 14.5 Å². The molecule has 0 unspecified atom stereocenters. The maximum absolute atomic E-state index is 13.5. The summed E-state index contributed by atoms with van der Waals surface area (Å²) in [5.74, 6) is 0.335. The summed E-state index contributed by atoms with van der Waals surface area (Å²) in [6.07, 6.45) is -6.84. The predicted molar refractivity (Wildman–Crippen MR) is 136 cm³/mol. The van der Waals surface area contributed by atoms with Gasteiger partial charge in [-0.3, -0.25) is 0 Å². The number of aromatic nitrogens is 3. The number of anilines is 2. The molecule has 216 valence electrons. The molecular weight excluding hydrogens is 544 g/mol. The highest BCUT2D eigenvalue weighted by Crippen LogP contribution is 2.31. The molecule has 40 heavy (non-hydrogen) atoms. The third kappa shape index (κ3) is 7.40. The van der Waals surface area contributed by atoms with E-state index < -0.39 is 18.1 Å². The van der Waals surface area contributed by atoms with E-state index in [1.54, 1.807) is 4.90 Å². The number of nitrogens with zero attached hydrogens (tertiary/aromatic N) is 7. The number of hydrogen-bond acceptors (Lipinski definition) is 9. The first kappa shape index (κ1) is 29.1. The van der Waals surface area contributed by atoms with E-state index >= 15 is 0 Å². The van der Waals surface area contributed by atoms with Crippen molar-refractivity contribution in [3.63, 3.8) is 0 Å². The Morgan fingerprint density at radius 1 is 0.900 bits per heavy atom. The summed E-state index contributed by atoms with van der Waals surface area (Å²) in [6, 6.07) is 5.16. The van der Waals surface area contributed by atoms with Crippen molar-refractivity contribution in [3.8, 4) is 17.1 Å². The van der Waals surface area contributed by atoms with Crippen LogP contribution in [0.4, 0.5) is 38.2 Å². The van der Waals surface area contributed by atoms with Gasteiger partial charge >= 0.3 is 12.5 Å². The maximum atomic E-state index is 13.5. The number of alkyl halides is 6. The van der Waals surface area contributed by atoms with Gasteiger partial charge in [-0.2, -0.15) is 28.1 Å².